The van der Waals surface area contributed by atoms with Gasteiger partial charge in [-0.25, -0.2) is 0 Å². The molecule has 0 heterocycles. The van der Waals surface area contributed by atoms with E-state index in [0.29, 0.717) is 6.61 Å². The lowest BCUT2D eigenvalue weighted by molar-refractivity contribution is -0.384. The van der Waals surface area contributed by atoms with Crippen LogP contribution < -0.4 is 5.48 Å². The molecule has 0 spiro atoms. The molecule has 0 N–H and O–H groups in total. The lowest BCUT2D eigenvalue weighted by atomic mass is 10.3. The van der Waals surface area contributed by atoms with E-state index in [2.05, 4.69) is 5.48 Å². The van der Waals surface area contributed by atoms with Crippen LogP contribution in [0.3, 0.4) is 0 Å². The van der Waals surface area contributed by atoms with E-state index in [-0.39, 0.29) is 11.4 Å². The molecule has 1 aromatic rings. The van der Waals surface area contributed by atoms with Crippen molar-refractivity contribution >= 4 is 11.4 Å². The largest absolute Gasteiger partial charge is 0.297 e. The van der Waals surface area contributed by atoms with Crippen LogP contribution in [-0.2, 0) is 4.84 Å². The highest BCUT2D eigenvalue weighted by atomic mass is 16.6. The van der Waals surface area contributed by atoms with Crippen LogP contribution in [0.1, 0.15) is 13.3 Å². The Bertz CT molecular complexity index is 315. The van der Waals surface area contributed by atoms with Gasteiger partial charge < -0.3 is 0 Å². The van der Waals surface area contributed by atoms with Crippen LogP contribution >= 0.6 is 0 Å². The SMILES string of the molecule is CCCO[N]c1ccccc1[N+](=O)[O-]. The lowest BCUT2D eigenvalue weighted by Gasteiger charge is -2.01. The first-order valence-electron chi connectivity index (χ1n) is 4.32. The Kier molecular flexibility index (Phi) is 3.87. The maximum atomic E-state index is 10.5. The van der Waals surface area contributed by atoms with Gasteiger partial charge in [-0.05, 0) is 12.5 Å². The molecule has 0 aliphatic carbocycles. The molecule has 14 heavy (non-hydrogen) atoms. The van der Waals surface area contributed by atoms with Crippen molar-refractivity contribution in [1.82, 2.24) is 5.48 Å². The number of para-hydroxylation sites is 1. The summed E-state index contributed by atoms with van der Waals surface area (Å²) in [6, 6.07) is 6.22. The molecule has 5 nitrogen and oxygen atoms in total. The van der Waals surface area contributed by atoms with Crippen LogP contribution in [0.5, 0.6) is 0 Å². The fraction of sp³-hybridized carbons (Fsp3) is 0.333. The Morgan fingerprint density at radius 2 is 2.21 bits per heavy atom. The molecule has 5 heteroatoms. The van der Waals surface area contributed by atoms with Crippen LogP contribution in [0.2, 0.25) is 0 Å². The minimum Gasteiger partial charge on any atom is -0.258 e. The Morgan fingerprint density at radius 1 is 1.50 bits per heavy atom. The highest BCUT2D eigenvalue weighted by Crippen LogP contribution is 2.23. The highest BCUT2D eigenvalue weighted by Gasteiger charge is 2.13. The number of hydrogen-bond acceptors (Lipinski definition) is 3. The molecule has 1 rings (SSSR count). The van der Waals surface area contributed by atoms with Crippen molar-refractivity contribution in [2.24, 2.45) is 0 Å². The fourth-order valence-corrected chi connectivity index (χ4v) is 0.902. The molecule has 0 bridgehead atoms. The van der Waals surface area contributed by atoms with Gasteiger partial charge in [0.05, 0.1) is 11.5 Å². The van der Waals surface area contributed by atoms with Crippen molar-refractivity contribution in [2.75, 3.05) is 6.61 Å². The summed E-state index contributed by atoms with van der Waals surface area (Å²) in [5, 5.41) is 10.5. The molecule has 0 aliphatic rings. The van der Waals surface area contributed by atoms with Crippen LogP contribution in [0, 0.1) is 10.1 Å². The molecule has 0 saturated carbocycles. The predicted octanol–water partition coefficient (Wildman–Crippen LogP) is 2.17. The van der Waals surface area contributed by atoms with Crippen molar-refractivity contribution in [3.63, 3.8) is 0 Å². The molecule has 0 atom stereocenters. The summed E-state index contributed by atoms with van der Waals surface area (Å²) in [5.41, 5.74) is 3.89. The van der Waals surface area contributed by atoms with E-state index >= 15 is 0 Å². The van der Waals surface area contributed by atoms with Crippen LogP contribution in [-0.4, -0.2) is 11.5 Å². The van der Waals surface area contributed by atoms with Crippen LogP contribution in [0.4, 0.5) is 11.4 Å². The standard InChI is InChI=1S/C9H11N2O3/c1-2-7-14-10-8-5-3-4-6-9(8)11(12)13/h3-6H,2,7H2,1H3. The Labute approximate surface area is 81.8 Å². The van der Waals surface area contributed by atoms with Crippen LogP contribution in [0.25, 0.3) is 0 Å². The molecule has 0 aromatic heterocycles. The molecule has 1 radical (unpaired) electrons. The van der Waals surface area contributed by atoms with Gasteiger partial charge in [0.2, 0.25) is 0 Å². The number of nitro groups is 1. The molecule has 75 valence electrons. The summed E-state index contributed by atoms with van der Waals surface area (Å²) in [6.07, 6.45) is 0.824. The minimum atomic E-state index is -0.478. The van der Waals surface area contributed by atoms with Gasteiger partial charge in [0.25, 0.3) is 5.69 Å². The Morgan fingerprint density at radius 3 is 2.86 bits per heavy atom. The summed E-state index contributed by atoms with van der Waals surface area (Å²) < 4.78 is 0. The van der Waals surface area contributed by atoms with Gasteiger partial charge in [-0.1, -0.05) is 19.1 Å². The average Bonchev–Trinajstić information content (AvgIpc) is 2.19. The van der Waals surface area contributed by atoms with Crippen LogP contribution in [0.15, 0.2) is 24.3 Å². The molecule has 0 saturated heterocycles. The average molecular weight is 195 g/mol. The van der Waals surface area contributed by atoms with Gasteiger partial charge in [-0.3, -0.25) is 15.0 Å². The Hall–Kier alpha value is -1.62. The first kappa shape index (κ1) is 10.5. The van der Waals surface area contributed by atoms with E-state index in [9.17, 15) is 10.1 Å². The zero-order valence-electron chi connectivity index (χ0n) is 7.84. The van der Waals surface area contributed by atoms with Crippen molar-refractivity contribution in [1.29, 1.82) is 0 Å². The summed E-state index contributed by atoms with van der Waals surface area (Å²) >= 11 is 0. The normalized spacial score (nSPS) is 9.79. The Balaban J connectivity index is 2.69. The van der Waals surface area contributed by atoms with E-state index in [1.807, 2.05) is 6.92 Å². The minimum absolute atomic E-state index is 0.0383. The quantitative estimate of drug-likeness (QED) is 0.410. The van der Waals surface area contributed by atoms with E-state index in [4.69, 9.17) is 4.84 Å². The molecule has 0 amide bonds. The molecule has 0 aliphatic heterocycles. The van der Waals surface area contributed by atoms with Gasteiger partial charge in [-0.2, -0.15) is 0 Å². The van der Waals surface area contributed by atoms with Gasteiger partial charge in [0, 0.05) is 6.07 Å². The van der Waals surface area contributed by atoms with E-state index in [1.54, 1.807) is 18.2 Å². The van der Waals surface area contributed by atoms with Crippen molar-refractivity contribution in [3.8, 4) is 0 Å². The summed E-state index contributed by atoms with van der Waals surface area (Å²) in [4.78, 5) is 14.9. The number of nitro benzene ring substituents is 1. The third-order valence-corrected chi connectivity index (χ3v) is 1.54. The van der Waals surface area contributed by atoms with Crippen molar-refractivity contribution < 1.29 is 9.76 Å². The maximum absolute atomic E-state index is 10.5. The van der Waals surface area contributed by atoms with Gasteiger partial charge >= 0.3 is 0 Å². The number of benzene rings is 1. The third-order valence-electron chi connectivity index (χ3n) is 1.54. The molecular weight excluding hydrogens is 184 g/mol. The highest BCUT2D eigenvalue weighted by molar-refractivity contribution is 5.55. The van der Waals surface area contributed by atoms with Crippen molar-refractivity contribution in [3.05, 3.63) is 34.4 Å². The predicted molar refractivity (Wildman–Crippen MR) is 51.1 cm³/mol. The number of hydrogen-bond donors (Lipinski definition) is 0. The van der Waals surface area contributed by atoms with E-state index in [1.165, 1.54) is 6.07 Å². The molecular formula is C9H11N2O3. The van der Waals surface area contributed by atoms with E-state index in [0.717, 1.165) is 6.42 Å². The first-order valence-corrected chi connectivity index (χ1v) is 4.32. The van der Waals surface area contributed by atoms with Gasteiger partial charge in [0.1, 0.15) is 0 Å². The third kappa shape index (κ3) is 2.70. The van der Waals surface area contributed by atoms with Gasteiger partial charge in [-0.15, -0.1) is 5.48 Å². The van der Waals surface area contributed by atoms with Gasteiger partial charge in [0.15, 0.2) is 5.69 Å². The fourth-order valence-electron chi connectivity index (χ4n) is 0.902. The van der Waals surface area contributed by atoms with E-state index < -0.39 is 4.92 Å². The van der Waals surface area contributed by atoms with Crippen molar-refractivity contribution in [2.45, 2.75) is 13.3 Å². The number of rotatable bonds is 5. The second kappa shape index (κ2) is 5.18. The maximum Gasteiger partial charge on any atom is 0.297 e. The number of nitrogens with zero attached hydrogens (tertiary/aromatic N) is 2. The zero-order valence-corrected chi connectivity index (χ0v) is 7.84. The second-order valence-electron chi connectivity index (χ2n) is 2.67. The molecule has 0 unspecified atom stereocenters. The summed E-state index contributed by atoms with van der Waals surface area (Å²) in [5.74, 6) is 0. The second-order valence-corrected chi connectivity index (χ2v) is 2.67. The smallest absolute Gasteiger partial charge is 0.258 e. The topological polar surface area (TPSA) is 66.5 Å². The zero-order chi connectivity index (χ0) is 10.4. The molecule has 0 fully saturated rings. The summed E-state index contributed by atoms with van der Waals surface area (Å²) in [7, 11) is 0. The lowest BCUT2D eigenvalue weighted by Crippen LogP contribution is -2.03. The monoisotopic (exact) mass is 195 g/mol. The summed E-state index contributed by atoms with van der Waals surface area (Å²) in [6.45, 7) is 2.40. The first-order chi connectivity index (χ1) is 6.75. The molecule has 1 aromatic carbocycles.